The van der Waals surface area contributed by atoms with Crippen LogP contribution in [0.3, 0.4) is 0 Å². The number of benzene rings is 1. The number of aromatic nitrogens is 3. The van der Waals surface area contributed by atoms with Crippen molar-refractivity contribution in [3.8, 4) is 0 Å². The summed E-state index contributed by atoms with van der Waals surface area (Å²) in [7, 11) is 2.66. The molecule has 4 amide bonds. The monoisotopic (exact) mass is 419 g/mol. The van der Waals surface area contributed by atoms with E-state index >= 15 is 0 Å². The van der Waals surface area contributed by atoms with Crippen molar-refractivity contribution in [3.63, 3.8) is 0 Å². The number of carbonyl (C=O) groups excluding carboxylic acids is 3. The van der Waals surface area contributed by atoms with Crippen molar-refractivity contribution < 1.29 is 14.4 Å². The predicted octanol–water partition coefficient (Wildman–Crippen LogP) is 1.87. The van der Waals surface area contributed by atoms with Crippen LogP contribution >= 0.6 is 0 Å². The van der Waals surface area contributed by atoms with Gasteiger partial charge in [-0.2, -0.15) is 4.68 Å². The largest absolute Gasteiger partial charge is 0.333 e. The SMILES string of the molecule is Cc1cc(C=C2C(=O)N(C)C(=O)N(C)C2=O)c(C)n1-n1c(C)nc2ccccc2c1=O. The molecule has 1 fully saturated rings. The number of urea groups is 1. The molecule has 0 bridgehead atoms. The Morgan fingerprint density at radius 3 is 2.13 bits per heavy atom. The van der Waals surface area contributed by atoms with Gasteiger partial charge in [0.1, 0.15) is 11.4 Å². The van der Waals surface area contributed by atoms with Gasteiger partial charge in [-0.25, -0.2) is 9.78 Å². The van der Waals surface area contributed by atoms with Crippen molar-refractivity contribution in [2.24, 2.45) is 0 Å². The minimum Gasteiger partial charge on any atom is -0.268 e. The Balaban J connectivity index is 1.91. The van der Waals surface area contributed by atoms with Gasteiger partial charge in [0.2, 0.25) is 0 Å². The van der Waals surface area contributed by atoms with E-state index < -0.39 is 17.8 Å². The van der Waals surface area contributed by atoms with Crippen molar-refractivity contribution in [3.05, 3.63) is 69.0 Å². The van der Waals surface area contributed by atoms with Crippen LogP contribution in [-0.4, -0.2) is 56.1 Å². The normalized spacial score (nSPS) is 14.7. The van der Waals surface area contributed by atoms with E-state index in [-0.39, 0.29) is 11.1 Å². The number of para-hydroxylation sites is 1. The van der Waals surface area contributed by atoms with E-state index in [4.69, 9.17) is 0 Å². The number of hydrogen-bond donors (Lipinski definition) is 0. The molecule has 3 aromatic rings. The van der Waals surface area contributed by atoms with Crippen molar-refractivity contribution in [1.82, 2.24) is 24.1 Å². The minimum atomic E-state index is -0.679. The first-order valence-electron chi connectivity index (χ1n) is 9.63. The van der Waals surface area contributed by atoms with Gasteiger partial charge in [-0.3, -0.25) is 28.9 Å². The summed E-state index contributed by atoms with van der Waals surface area (Å²) in [6, 6.07) is 8.22. The molecular formula is C22H21N5O4. The molecule has 0 atom stereocenters. The summed E-state index contributed by atoms with van der Waals surface area (Å²) in [6.45, 7) is 5.35. The van der Waals surface area contributed by atoms with Gasteiger partial charge in [-0.05, 0) is 50.6 Å². The fraction of sp³-hybridized carbons (Fsp3) is 0.227. The number of likely N-dealkylation sites (N-methyl/N-ethyl adjacent to an activating group) is 2. The van der Waals surface area contributed by atoms with Crippen LogP contribution in [0.15, 0.2) is 40.7 Å². The smallest absolute Gasteiger partial charge is 0.268 e. The molecule has 9 heteroatoms. The Morgan fingerprint density at radius 2 is 1.48 bits per heavy atom. The Hall–Kier alpha value is -4.01. The molecule has 31 heavy (non-hydrogen) atoms. The van der Waals surface area contributed by atoms with E-state index in [0.29, 0.717) is 28.0 Å². The molecule has 4 rings (SSSR count). The van der Waals surface area contributed by atoms with E-state index in [1.165, 1.54) is 24.8 Å². The summed E-state index contributed by atoms with van der Waals surface area (Å²) < 4.78 is 3.18. The van der Waals surface area contributed by atoms with Crippen LogP contribution in [-0.2, 0) is 9.59 Å². The Kier molecular flexibility index (Phi) is 4.61. The van der Waals surface area contributed by atoms with Gasteiger partial charge < -0.3 is 0 Å². The summed E-state index contributed by atoms with van der Waals surface area (Å²) in [5.41, 5.74) is 2.23. The Morgan fingerprint density at radius 1 is 0.871 bits per heavy atom. The fourth-order valence-electron chi connectivity index (χ4n) is 3.83. The number of rotatable bonds is 2. The van der Waals surface area contributed by atoms with Gasteiger partial charge in [0.25, 0.3) is 17.4 Å². The van der Waals surface area contributed by atoms with E-state index in [2.05, 4.69) is 4.98 Å². The maximum Gasteiger partial charge on any atom is 0.333 e. The molecule has 0 radical (unpaired) electrons. The quantitative estimate of drug-likeness (QED) is 0.467. The number of barbiturate groups is 1. The third-order valence-corrected chi connectivity index (χ3v) is 5.49. The molecule has 0 saturated carbocycles. The first-order chi connectivity index (χ1) is 14.6. The molecule has 1 aromatic carbocycles. The minimum absolute atomic E-state index is 0.120. The lowest BCUT2D eigenvalue weighted by atomic mass is 10.1. The molecule has 158 valence electrons. The average Bonchev–Trinajstić information content (AvgIpc) is 3.01. The van der Waals surface area contributed by atoms with Crippen LogP contribution in [0.4, 0.5) is 4.79 Å². The molecule has 3 heterocycles. The number of hydrogen-bond acceptors (Lipinski definition) is 5. The zero-order valence-electron chi connectivity index (χ0n) is 17.8. The number of carbonyl (C=O) groups is 3. The Bertz CT molecular complexity index is 1350. The van der Waals surface area contributed by atoms with Crippen LogP contribution in [0.5, 0.6) is 0 Å². The highest BCUT2D eigenvalue weighted by Crippen LogP contribution is 2.23. The van der Waals surface area contributed by atoms with Gasteiger partial charge in [0.05, 0.1) is 10.9 Å². The summed E-state index contributed by atoms with van der Waals surface area (Å²) in [6.07, 6.45) is 1.46. The predicted molar refractivity (Wildman–Crippen MR) is 114 cm³/mol. The second kappa shape index (κ2) is 7.05. The topological polar surface area (TPSA) is 97.5 Å². The van der Waals surface area contributed by atoms with Crippen LogP contribution in [0.25, 0.3) is 17.0 Å². The van der Waals surface area contributed by atoms with Crippen LogP contribution in [0.2, 0.25) is 0 Å². The van der Waals surface area contributed by atoms with E-state index in [0.717, 1.165) is 15.5 Å². The first-order valence-corrected chi connectivity index (χ1v) is 9.63. The lowest BCUT2D eigenvalue weighted by Gasteiger charge is -2.28. The zero-order valence-corrected chi connectivity index (χ0v) is 17.8. The summed E-state index contributed by atoms with van der Waals surface area (Å²) in [5, 5.41) is 0.486. The Labute approximate surface area is 177 Å². The second-order valence-electron chi connectivity index (χ2n) is 7.50. The van der Waals surface area contributed by atoms with E-state index in [9.17, 15) is 19.2 Å². The van der Waals surface area contributed by atoms with Gasteiger partial charge in [0, 0.05) is 25.5 Å². The maximum atomic E-state index is 13.2. The van der Waals surface area contributed by atoms with Crippen molar-refractivity contribution in [2.75, 3.05) is 14.1 Å². The van der Waals surface area contributed by atoms with Crippen LogP contribution in [0, 0.1) is 20.8 Å². The number of imide groups is 2. The molecule has 0 N–H and O–H groups in total. The third-order valence-electron chi connectivity index (χ3n) is 5.49. The molecule has 1 aliphatic heterocycles. The van der Waals surface area contributed by atoms with E-state index in [1.54, 1.807) is 42.8 Å². The zero-order chi connectivity index (χ0) is 22.6. The molecule has 9 nitrogen and oxygen atoms in total. The fourth-order valence-corrected chi connectivity index (χ4v) is 3.83. The second-order valence-corrected chi connectivity index (χ2v) is 7.50. The first kappa shape index (κ1) is 20.3. The molecule has 2 aromatic heterocycles. The summed E-state index contributed by atoms with van der Waals surface area (Å²) in [4.78, 5) is 56.6. The van der Waals surface area contributed by atoms with E-state index in [1.807, 2.05) is 13.0 Å². The number of aryl methyl sites for hydroxylation is 2. The van der Waals surface area contributed by atoms with Crippen molar-refractivity contribution in [1.29, 1.82) is 0 Å². The standard InChI is InChI=1S/C22H21N5O4/c1-12-10-15(11-17-19(28)24(4)22(31)25(5)20(17)29)13(2)26(12)27-14(3)23-18-9-7-6-8-16(18)21(27)30/h6-11H,1-5H3. The highest BCUT2D eigenvalue weighted by atomic mass is 16.2. The number of nitrogens with zero attached hydrogens (tertiary/aromatic N) is 5. The van der Waals surface area contributed by atoms with Gasteiger partial charge in [-0.1, -0.05) is 12.1 Å². The van der Waals surface area contributed by atoms with Gasteiger partial charge >= 0.3 is 6.03 Å². The van der Waals surface area contributed by atoms with Crippen LogP contribution < -0.4 is 5.56 Å². The lowest BCUT2D eigenvalue weighted by molar-refractivity contribution is -0.134. The maximum absolute atomic E-state index is 13.2. The van der Waals surface area contributed by atoms with Gasteiger partial charge in [-0.15, -0.1) is 0 Å². The molecule has 0 spiro atoms. The average molecular weight is 419 g/mol. The van der Waals surface area contributed by atoms with Crippen LogP contribution in [0.1, 0.15) is 22.8 Å². The summed E-state index contributed by atoms with van der Waals surface area (Å²) >= 11 is 0. The molecule has 0 aliphatic carbocycles. The van der Waals surface area contributed by atoms with Gasteiger partial charge in [0.15, 0.2) is 0 Å². The number of amides is 4. The van der Waals surface area contributed by atoms with Crippen molar-refractivity contribution >= 4 is 34.8 Å². The van der Waals surface area contributed by atoms with Crippen molar-refractivity contribution in [2.45, 2.75) is 20.8 Å². The molecule has 0 unspecified atom stereocenters. The summed E-state index contributed by atoms with van der Waals surface area (Å²) in [5.74, 6) is -0.836. The lowest BCUT2D eigenvalue weighted by Crippen LogP contribution is -2.52. The molecule has 1 saturated heterocycles. The number of fused-ring (bicyclic) bond motifs is 1. The highest BCUT2D eigenvalue weighted by Gasteiger charge is 2.38. The molecular weight excluding hydrogens is 398 g/mol. The third kappa shape index (κ3) is 2.97. The highest BCUT2D eigenvalue weighted by molar-refractivity contribution is 6.30. The molecule has 1 aliphatic rings.